The lowest BCUT2D eigenvalue weighted by Crippen LogP contribution is -2.37. The van der Waals surface area contributed by atoms with E-state index in [9.17, 15) is 14.3 Å². The second-order valence-corrected chi connectivity index (χ2v) is 22.1. The van der Waals surface area contributed by atoms with E-state index < -0.39 is 13.9 Å². The van der Waals surface area contributed by atoms with Crippen LogP contribution in [-0.4, -0.2) is 75.6 Å². The average molecular weight is 968 g/mol. The van der Waals surface area contributed by atoms with E-state index in [4.69, 9.17) is 18.5 Å². The second kappa shape index (κ2) is 51.1. The van der Waals surface area contributed by atoms with Crippen molar-refractivity contribution in [2.24, 2.45) is 0 Å². The largest absolute Gasteiger partial charge is 0.472 e. The Kier molecular flexibility index (Phi) is 50.1. The highest BCUT2D eigenvalue weighted by Gasteiger charge is 2.26. The first-order chi connectivity index (χ1) is 32.6. The number of phosphoric ester groups is 1. The Hall–Kier alpha value is -1.28. The molecule has 396 valence electrons. The van der Waals surface area contributed by atoms with E-state index in [1.807, 2.05) is 21.1 Å². The molecule has 0 amide bonds. The Balaban J connectivity index is 4.07. The van der Waals surface area contributed by atoms with Gasteiger partial charge in [-0.05, 0) is 51.4 Å². The highest BCUT2D eigenvalue weighted by molar-refractivity contribution is 7.47. The molecule has 0 bridgehead atoms. The number of carbonyl (C=O) groups is 1. The number of hydrogen-bond donors (Lipinski definition) is 1. The van der Waals surface area contributed by atoms with Crippen LogP contribution < -0.4 is 0 Å². The van der Waals surface area contributed by atoms with Crippen molar-refractivity contribution in [1.82, 2.24) is 0 Å². The molecular formula is C58H113NO7P+. The maximum atomic E-state index is 12.8. The standard InChI is InChI=1S/C58H112NO7P/c1-6-8-10-12-14-16-18-20-22-24-26-28-29-30-32-34-36-38-40-42-44-46-48-50-53-63-55-57(56-65-67(61,62)64-54-52-59(3,4)5)66-58(60)51-49-47-45-43-41-39-37-35-33-31-27-25-23-21-19-17-15-13-11-9-7-2/h19,21,25,27,33,35,57H,6-18,20,22-24,26,28-32,34,36-56H2,1-5H3/p+1/b21-19-,27-25-,35-33-. The van der Waals surface area contributed by atoms with E-state index >= 15 is 0 Å². The zero-order valence-corrected chi connectivity index (χ0v) is 46.0. The van der Waals surface area contributed by atoms with E-state index in [2.05, 4.69) is 50.3 Å². The van der Waals surface area contributed by atoms with Gasteiger partial charge in [-0.25, -0.2) is 4.57 Å². The van der Waals surface area contributed by atoms with Gasteiger partial charge >= 0.3 is 13.8 Å². The first-order valence-electron chi connectivity index (χ1n) is 28.7. The van der Waals surface area contributed by atoms with Gasteiger partial charge < -0.3 is 18.9 Å². The van der Waals surface area contributed by atoms with Crippen LogP contribution in [0.5, 0.6) is 0 Å². The fourth-order valence-electron chi connectivity index (χ4n) is 8.27. The van der Waals surface area contributed by atoms with Crippen molar-refractivity contribution in [3.63, 3.8) is 0 Å². The van der Waals surface area contributed by atoms with Crippen LogP contribution in [0.25, 0.3) is 0 Å². The van der Waals surface area contributed by atoms with E-state index in [1.165, 1.54) is 193 Å². The fourth-order valence-corrected chi connectivity index (χ4v) is 9.01. The third-order valence-corrected chi connectivity index (χ3v) is 13.7. The summed E-state index contributed by atoms with van der Waals surface area (Å²) in [6.07, 6.45) is 63.5. The minimum atomic E-state index is -4.29. The zero-order chi connectivity index (χ0) is 49.0. The van der Waals surface area contributed by atoms with Gasteiger partial charge in [-0.1, -0.05) is 249 Å². The number of ether oxygens (including phenoxy) is 2. The first-order valence-corrected chi connectivity index (χ1v) is 30.2. The number of allylic oxidation sites excluding steroid dienone is 6. The van der Waals surface area contributed by atoms with Gasteiger partial charge in [0.2, 0.25) is 0 Å². The van der Waals surface area contributed by atoms with Gasteiger partial charge in [-0.3, -0.25) is 13.8 Å². The van der Waals surface area contributed by atoms with Crippen molar-refractivity contribution in [2.45, 2.75) is 277 Å². The molecule has 0 fully saturated rings. The quantitative estimate of drug-likeness (QED) is 0.0213. The number of carbonyl (C=O) groups excluding carboxylic acids is 1. The van der Waals surface area contributed by atoms with E-state index in [-0.39, 0.29) is 25.8 Å². The molecule has 8 nitrogen and oxygen atoms in total. The zero-order valence-electron chi connectivity index (χ0n) is 45.2. The van der Waals surface area contributed by atoms with Gasteiger partial charge in [0.25, 0.3) is 0 Å². The van der Waals surface area contributed by atoms with Crippen LogP contribution in [0.3, 0.4) is 0 Å². The summed E-state index contributed by atoms with van der Waals surface area (Å²) in [5, 5.41) is 0. The topological polar surface area (TPSA) is 91.3 Å². The second-order valence-electron chi connectivity index (χ2n) is 20.7. The predicted octanol–water partition coefficient (Wildman–Crippen LogP) is 18.1. The number of hydrogen-bond acceptors (Lipinski definition) is 6. The Morgan fingerprint density at radius 1 is 0.463 bits per heavy atom. The molecule has 0 aromatic carbocycles. The Morgan fingerprint density at radius 3 is 1.22 bits per heavy atom. The number of quaternary nitrogens is 1. The Labute approximate surface area is 416 Å². The molecule has 9 heteroatoms. The van der Waals surface area contributed by atoms with Gasteiger partial charge in [0.15, 0.2) is 0 Å². The molecule has 0 radical (unpaired) electrons. The van der Waals surface area contributed by atoms with Crippen molar-refractivity contribution >= 4 is 13.8 Å². The number of esters is 1. The number of phosphoric acid groups is 1. The van der Waals surface area contributed by atoms with Gasteiger partial charge in [0.05, 0.1) is 34.4 Å². The lowest BCUT2D eigenvalue weighted by atomic mass is 10.0. The molecule has 0 saturated heterocycles. The van der Waals surface area contributed by atoms with Gasteiger partial charge in [0.1, 0.15) is 19.3 Å². The fraction of sp³-hybridized carbons (Fsp3) is 0.879. The molecular weight excluding hydrogens is 854 g/mol. The normalized spacial score (nSPS) is 13.7. The van der Waals surface area contributed by atoms with Gasteiger partial charge in [-0.2, -0.15) is 0 Å². The Morgan fingerprint density at radius 2 is 0.821 bits per heavy atom. The minimum Gasteiger partial charge on any atom is -0.457 e. The predicted molar refractivity (Wildman–Crippen MR) is 289 cm³/mol. The molecule has 0 aliphatic heterocycles. The molecule has 2 unspecified atom stereocenters. The molecule has 0 aliphatic rings. The van der Waals surface area contributed by atoms with E-state index in [0.717, 1.165) is 57.8 Å². The summed E-state index contributed by atoms with van der Waals surface area (Å²) in [6, 6.07) is 0. The average Bonchev–Trinajstić information content (AvgIpc) is 3.29. The molecule has 0 rings (SSSR count). The lowest BCUT2D eigenvalue weighted by Gasteiger charge is -2.24. The maximum Gasteiger partial charge on any atom is 0.472 e. The summed E-state index contributed by atoms with van der Waals surface area (Å²) < 4.78 is 35.2. The highest BCUT2D eigenvalue weighted by atomic mass is 31.2. The lowest BCUT2D eigenvalue weighted by molar-refractivity contribution is -0.870. The summed E-state index contributed by atoms with van der Waals surface area (Å²) in [6.45, 7) is 5.65. The highest BCUT2D eigenvalue weighted by Crippen LogP contribution is 2.43. The summed E-state index contributed by atoms with van der Waals surface area (Å²) >= 11 is 0. The Bertz CT molecular complexity index is 1170. The molecule has 0 saturated carbocycles. The van der Waals surface area contributed by atoms with Crippen LogP contribution >= 0.6 is 7.82 Å². The summed E-state index contributed by atoms with van der Waals surface area (Å²) in [4.78, 5) is 23.1. The minimum absolute atomic E-state index is 0.0870. The third-order valence-electron chi connectivity index (χ3n) is 12.7. The van der Waals surface area contributed by atoms with Crippen LogP contribution in [0, 0.1) is 0 Å². The van der Waals surface area contributed by atoms with Crippen LogP contribution in [0.4, 0.5) is 0 Å². The summed E-state index contributed by atoms with van der Waals surface area (Å²) in [7, 11) is 1.67. The number of nitrogens with zero attached hydrogens (tertiary/aromatic N) is 1. The van der Waals surface area contributed by atoms with Gasteiger partial charge in [0, 0.05) is 13.0 Å². The third kappa shape index (κ3) is 55.5. The summed E-state index contributed by atoms with van der Waals surface area (Å²) in [5.74, 6) is -0.321. The van der Waals surface area contributed by atoms with Crippen LogP contribution in [0.1, 0.15) is 271 Å². The van der Waals surface area contributed by atoms with Crippen molar-refractivity contribution in [2.75, 3.05) is 54.1 Å². The van der Waals surface area contributed by atoms with Crippen LogP contribution in [-0.2, 0) is 27.9 Å². The van der Waals surface area contributed by atoms with E-state index in [0.29, 0.717) is 24.1 Å². The molecule has 1 N–H and O–H groups in total. The molecule has 67 heavy (non-hydrogen) atoms. The first kappa shape index (κ1) is 65.7. The summed E-state index contributed by atoms with van der Waals surface area (Å²) in [5.41, 5.74) is 0. The smallest absolute Gasteiger partial charge is 0.457 e. The molecule has 0 spiro atoms. The number of likely N-dealkylation sites (N-methyl/N-ethyl adjacent to an activating group) is 1. The van der Waals surface area contributed by atoms with Crippen LogP contribution in [0.2, 0.25) is 0 Å². The molecule has 0 heterocycles. The number of rotatable bonds is 54. The van der Waals surface area contributed by atoms with Crippen LogP contribution in [0.15, 0.2) is 36.5 Å². The van der Waals surface area contributed by atoms with Crippen molar-refractivity contribution in [3.8, 4) is 0 Å². The van der Waals surface area contributed by atoms with Crippen molar-refractivity contribution in [1.29, 1.82) is 0 Å². The molecule has 2 atom stereocenters. The molecule has 0 aliphatic carbocycles. The molecule has 0 aromatic heterocycles. The van der Waals surface area contributed by atoms with E-state index in [1.54, 1.807) is 0 Å². The van der Waals surface area contributed by atoms with Crippen molar-refractivity contribution in [3.05, 3.63) is 36.5 Å². The molecule has 0 aromatic rings. The maximum absolute atomic E-state index is 12.8. The van der Waals surface area contributed by atoms with Gasteiger partial charge in [-0.15, -0.1) is 0 Å². The monoisotopic (exact) mass is 967 g/mol. The number of unbranched alkanes of at least 4 members (excludes halogenated alkanes) is 34. The SMILES string of the molecule is CCCCCCC/C=C\C/C=C\C/C=C\CCCCCCCCC(=O)OC(COCCCCCCCCCCCCCCCCCCCCCCCCCC)COP(=O)(O)OCC[N+](C)(C)C. The van der Waals surface area contributed by atoms with Crippen molar-refractivity contribution < 1.29 is 37.3 Å².